The van der Waals surface area contributed by atoms with Crippen LogP contribution in [0, 0.1) is 5.92 Å². The predicted molar refractivity (Wildman–Crippen MR) is 82.4 cm³/mol. The summed E-state index contributed by atoms with van der Waals surface area (Å²) in [5.41, 5.74) is 2.85. The molecular formula is C17H29N. The molecule has 0 radical (unpaired) electrons. The Kier molecular flexibility index (Phi) is 6.85. The summed E-state index contributed by atoms with van der Waals surface area (Å²) in [5.74, 6) is 0.964. The smallest absolute Gasteiger partial charge is 0.0366 e. The number of hydrogen-bond donors (Lipinski definition) is 0. The number of rotatable bonds is 3. The average Bonchev–Trinajstić information content (AvgIpc) is 2.49. The van der Waals surface area contributed by atoms with Gasteiger partial charge in [-0.3, -0.25) is 0 Å². The van der Waals surface area contributed by atoms with Gasteiger partial charge in [0.2, 0.25) is 0 Å². The van der Waals surface area contributed by atoms with Gasteiger partial charge in [0.25, 0.3) is 0 Å². The molecule has 0 N–H and O–H groups in total. The monoisotopic (exact) mass is 247 g/mol. The highest BCUT2D eigenvalue weighted by molar-refractivity contribution is 5.47. The van der Waals surface area contributed by atoms with Crippen molar-refractivity contribution in [3.8, 4) is 0 Å². The minimum atomic E-state index is 0.964. The van der Waals surface area contributed by atoms with Gasteiger partial charge in [0.15, 0.2) is 0 Å². The Labute approximate surface area is 113 Å². The Bertz CT molecular complexity index is 307. The summed E-state index contributed by atoms with van der Waals surface area (Å²) in [6.45, 7) is 11.0. The summed E-state index contributed by atoms with van der Waals surface area (Å²) in [6.07, 6.45) is 5.22. The van der Waals surface area contributed by atoms with Crippen molar-refractivity contribution in [1.82, 2.24) is 0 Å². The molecule has 0 aliphatic carbocycles. The fourth-order valence-electron chi connectivity index (χ4n) is 2.54. The molecule has 2 rings (SSSR count). The lowest BCUT2D eigenvalue weighted by Gasteiger charge is -2.33. The third-order valence-corrected chi connectivity index (χ3v) is 3.90. The second kappa shape index (κ2) is 8.18. The Morgan fingerprint density at radius 1 is 1.00 bits per heavy atom. The molecule has 0 amide bonds. The second-order valence-electron chi connectivity index (χ2n) is 4.86. The van der Waals surface area contributed by atoms with Crippen molar-refractivity contribution >= 4 is 5.69 Å². The zero-order chi connectivity index (χ0) is 13.4. The summed E-state index contributed by atoms with van der Waals surface area (Å²) in [7, 11) is 0. The molecule has 1 aromatic rings. The van der Waals surface area contributed by atoms with Crippen LogP contribution in [-0.4, -0.2) is 13.1 Å². The zero-order valence-electron chi connectivity index (χ0n) is 12.6. The molecule has 1 fully saturated rings. The fraction of sp³-hybridized carbons (Fsp3) is 0.647. The van der Waals surface area contributed by atoms with E-state index in [4.69, 9.17) is 0 Å². The van der Waals surface area contributed by atoms with E-state index in [2.05, 4.69) is 43.0 Å². The first kappa shape index (κ1) is 15.1. The molecule has 0 aromatic heterocycles. The summed E-state index contributed by atoms with van der Waals surface area (Å²) in [4.78, 5) is 2.53. The van der Waals surface area contributed by atoms with Gasteiger partial charge in [0.1, 0.15) is 0 Å². The van der Waals surface area contributed by atoms with E-state index in [0.29, 0.717) is 0 Å². The van der Waals surface area contributed by atoms with Crippen LogP contribution in [0.4, 0.5) is 5.69 Å². The number of benzene rings is 1. The van der Waals surface area contributed by atoms with E-state index >= 15 is 0 Å². The molecule has 1 saturated heterocycles. The molecular weight excluding hydrogens is 218 g/mol. The topological polar surface area (TPSA) is 3.24 Å². The van der Waals surface area contributed by atoms with Crippen LogP contribution in [0.25, 0.3) is 0 Å². The van der Waals surface area contributed by atoms with Crippen LogP contribution < -0.4 is 4.90 Å². The van der Waals surface area contributed by atoms with Gasteiger partial charge in [0, 0.05) is 18.8 Å². The van der Waals surface area contributed by atoms with Crippen LogP contribution >= 0.6 is 0 Å². The molecule has 1 aliphatic heterocycles. The SMILES string of the molecule is CC.CCc1ccc(N2CCC(CC)CC2)cc1. The molecule has 0 spiro atoms. The minimum absolute atomic E-state index is 0.964. The quantitative estimate of drug-likeness (QED) is 0.734. The van der Waals surface area contributed by atoms with E-state index in [-0.39, 0.29) is 0 Å². The maximum absolute atomic E-state index is 2.53. The highest BCUT2D eigenvalue weighted by Crippen LogP contribution is 2.25. The van der Waals surface area contributed by atoms with Gasteiger partial charge >= 0.3 is 0 Å². The lowest BCUT2D eigenvalue weighted by molar-refractivity contribution is 0.395. The lowest BCUT2D eigenvalue weighted by Crippen LogP contribution is -2.33. The minimum Gasteiger partial charge on any atom is -0.372 e. The highest BCUT2D eigenvalue weighted by atomic mass is 15.1. The van der Waals surface area contributed by atoms with Gasteiger partial charge in [-0.15, -0.1) is 0 Å². The zero-order valence-corrected chi connectivity index (χ0v) is 12.6. The van der Waals surface area contributed by atoms with Crippen LogP contribution in [0.2, 0.25) is 0 Å². The van der Waals surface area contributed by atoms with Crippen molar-refractivity contribution in [2.24, 2.45) is 5.92 Å². The van der Waals surface area contributed by atoms with Crippen LogP contribution in [0.1, 0.15) is 52.5 Å². The van der Waals surface area contributed by atoms with Crippen molar-refractivity contribution in [2.75, 3.05) is 18.0 Å². The maximum atomic E-state index is 2.53. The van der Waals surface area contributed by atoms with Crippen LogP contribution in [0.5, 0.6) is 0 Å². The maximum Gasteiger partial charge on any atom is 0.0366 e. The number of anilines is 1. The molecule has 1 heteroatoms. The van der Waals surface area contributed by atoms with Crippen LogP contribution in [0.3, 0.4) is 0 Å². The molecule has 1 heterocycles. The van der Waals surface area contributed by atoms with Crippen molar-refractivity contribution in [3.63, 3.8) is 0 Å². The fourth-order valence-corrected chi connectivity index (χ4v) is 2.54. The summed E-state index contributed by atoms with van der Waals surface area (Å²) in [6, 6.07) is 9.10. The van der Waals surface area contributed by atoms with Gasteiger partial charge in [0.05, 0.1) is 0 Å². The Hall–Kier alpha value is -0.980. The standard InChI is InChI=1S/C15H23N.C2H6/c1-3-13-5-7-15(8-6-13)16-11-9-14(4-2)10-12-16;1-2/h5-8,14H,3-4,9-12H2,1-2H3;1-2H3. The molecule has 0 bridgehead atoms. The highest BCUT2D eigenvalue weighted by Gasteiger charge is 2.17. The van der Waals surface area contributed by atoms with E-state index in [0.717, 1.165) is 12.3 Å². The third-order valence-electron chi connectivity index (χ3n) is 3.90. The Balaban J connectivity index is 0.000000771. The first-order valence-electron chi connectivity index (χ1n) is 7.67. The summed E-state index contributed by atoms with van der Waals surface area (Å²) >= 11 is 0. The molecule has 18 heavy (non-hydrogen) atoms. The van der Waals surface area contributed by atoms with Gasteiger partial charge in [-0.25, -0.2) is 0 Å². The first-order chi connectivity index (χ1) is 8.83. The summed E-state index contributed by atoms with van der Waals surface area (Å²) < 4.78 is 0. The first-order valence-corrected chi connectivity index (χ1v) is 7.67. The number of piperidine rings is 1. The van der Waals surface area contributed by atoms with Crippen molar-refractivity contribution < 1.29 is 0 Å². The molecule has 1 aliphatic rings. The largest absolute Gasteiger partial charge is 0.372 e. The van der Waals surface area contributed by atoms with E-state index in [1.54, 1.807) is 0 Å². The third kappa shape index (κ3) is 4.04. The van der Waals surface area contributed by atoms with Crippen molar-refractivity contribution in [2.45, 2.75) is 53.4 Å². The molecule has 102 valence electrons. The summed E-state index contributed by atoms with van der Waals surface area (Å²) in [5, 5.41) is 0. The van der Waals surface area contributed by atoms with Crippen molar-refractivity contribution in [3.05, 3.63) is 29.8 Å². The Morgan fingerprint density at radius 3 is 2.00 bits per heavy atom. The molecule has 1 aromatic carbocycles. The van der Waals surface area contributed by atoms with Crippen LogP contribution in [0.15, 0.2) is 24.3 Å². The molecule has 0 unspecified atom stereocenters. The van der Waals surface area contributed by atoms with Gasteiger partial charge < -0.3 is 4.90 Å². The lowest BCUT2D eigenvalue weighted by atomic mass is 9.94. The van der Waals surface area contributed by atoms with Gasteiger partial charge in [-0.2, -0.15) is 0 Å². The van der Waals surface area contributed by atoms with Gasteiger partial charge in [-0.05, 0) is 42.9 Å². The number of nitrogens with zero attached hydrogens (tertiary/aromatic N) is 1. The Morgan fingerprint density at radius 2 is 1.56 bits per heavy atom. The number of aryl methyl sites for hydroxylation is 1. The van der Waals surface area contributed by atoms with Gasteiger partial charge in [-0.1, -0.05) is 46.2 Å². The van der Waals surface area contributed by atoms with E-state index in [1.165, 1.54) is 43.6 Å². The van der Waals surface area contributed by atoms with Crippen LogP contribution in [-0.2, 0) is 6.42 Å². The van der Waals surface area contributed by atoms with Crippen molar-refractivity contribution in [1.29, 1.82) is 0 Å². The molecule has 0 atom stereocenters. The molecule has 1 nitrogen and oxygen atoms in total. The second-order valence-corrected chi connectivity index (χ2v) is 4.86. The average molecular weight is 247 g/mol. The van der Waals surface area contributed by atoms with E-state index < -0.39 is 0 Å². The normalized spacial score (nSPS) is 16.1. The van der Waals surface area contributed by atoms with E-state index in [1.807, 2.05) is 13.8 Å². The van der Waals surface area contributed by atoms with E-state index in [9.17, 15) is 0 Å². The number of hydrogen-bond acceptors (Lipinski definition) is 1. The molecule has 0 saturated carbocycles. The predicted octanol–water partition coefficient (Wildman–Crippen LogP) is 4.90.